The molecule has 0 aliphatic heterocycles. The lowest BCUT2D eigenvalue weighted by atomic mass is 9.72. The molecule has 1 atom stereocenters. The Morgan fingerprint density at radius 2 is 1.65 bits per heavy atom. The normalized spacial score (nSPS) is 17.7. The lowest BCUT2D eigenvalue weighted by molar-refractivity contribution is -0.188. The van der Waals surface area contributed by atoms with E-state index in [4.69, 9.17) is 14.6 Å². The highest BCUT2D eigenvalue weighted by molar-refractivity contribution is 6.32. The van der Waals surface area contributed by atoms with Gasteiger partial charge in [-0.25, -0.2) is 9.59 Å². The highest BCUT2D eigenvalue weighted by Crippen LogP contribution is 2.38. The summed E-state index contributed by atoms with van der Waals surface area (Å²) in [5, 5.41) is 11.8. The third kappa shape index (κ3) is 7.01. The fourth-order valence-corrected chi connectivity index (χ4v) is 2.99. The molecule has 8 nitrogen and oxygen atoms in total. The van der Waals surface area contributed by atoms with Crippen LogP contribution in [0, 0.1) is 10.8 Å². The summed E-state index contributed by atoms with van der Waals surface area (Å²) in [7, 11) is 0. The van der Waals surface area contributed by atoms with Crippen LogP contribution in [0.4, 0.5) is 4.79 Å². The van der Waals surface area contributed by atoms with Crippen LogP contribution in [0.2, 0.25) is 0 Å². The van der Waals surface area contributed by atoms with E-state index in [1.54, 1.807) is 20.8 Å². The third-order valence-electron chi connectivity index (χ3n) is 4.47. The van der Waals surface area contributed by atoms with Crippen molar-refractivity contribution < 1.29 is 33.8 Å². The molecule has 1 saturated carbocycles. The number of carboxylic acids is 1. The fraction of sp³-hybridized carbons (Fsp3) is 0.778. The molecular formula is C18H29NO7. The molecular weight excluding hydrogens is 342 g/mol. The molecule has 0 heterocycles. The van der Waals surface area contributed by atoms with Crippen LogP contribution < -0.4 is 5.32 Å². The van der Waals surface area contributed by atoms with Crippen LogP contribution in [-0.4, -0.2) is 41.8 Å². The van der Waals surface area contributed by atoms with Crippen molar-refractivity contribution in [2.45, 2.75) is 72.5 Å². The maximum Gasteiger partial charge on any atom is 0.410 e. The predicted molar refractivity (Wildman–Crippen MR) is 92.3 cm³/mol. The van der Waals surface area contributed by atoms with Crippen molar-refractivity contribution in [2.24, 2.45) is 10.8 Å². The van der Waals surface area contributed by atoms with E-state index in [0.29, 0.717) is 0 Å². The third-order valence-corrected chi connectivity index (χ3v) is 4.47. The standard InChI is InChI=1S/C18H29NO7/c1-12(20)14(23)25-15(17(2,3)4)26-16(24)19-11-18(10-13(21)22)8-6-5-7-9-18/h15H,5-11H2,1-4H3,(H,19,24)(H,21,22). The van der Waals surface area contributed by atoms with E-state index in [-0.39, 0.29) is 13.0 Å². The topological polar surface area (TPSA) is 119 Å². The average Bonchev–Trinajstić information content (AvgIpc) is 2.51. The van der Waals surface area contributed by atoms with Crippen LogP contribution in [-0.2, 0) is 23.9 Å². The Morgan fingerprint density at radius 3 is 2.12 bits per heavy atom. The minimum absolute atomic E-state index is 0.0185. The predicted octanol–water partition coefficient (Wildman–Crippen LogP) is 2.64. The Balaban J connectivity index is 2.69. The van der Waals surface area contributed by atoms with Gasteiger partial charge in [0.2, 0.25) is 5.78 Å². The molecule has 0 aromatic carbocycles. The molecule has 26 heavy (non-hydrogen) atoms. The minimum atomic E-state index is -1.24. The van der Waals surface area contributed by atoms with Gasteiger partial charge in [0.1, 0.15) is 0 Å². The number of carbonyl (C=O) groups excluding carboxylic acids is 3. The minimum Gasteiger partial charge on any atom is -0.481 e. The molecule has 0 aromatic rings. The summed E-state index contributed by atoms with van der Waals surface area (Å²) in [5.41, 5.74) is -1.22. The molecule has 0 aromatic heterocycles. The van der Waals surface area contributed by atoms with E-state index >= 15 is 0 Å². The number of alkyl carbamates (subject to hydrolysis) is 1. The summed E-state index contributed by atoms with van der Waals surface area (Å²) >= 11 is 0. The number of aliphatic carboxylic acids is 1. The molecule has 0 spiro atoms. The van der Waals surface area contributed by atoms with Gasteiger partial charge in [0.25, 0.3) is 6.29 Å². The number of carbonyl (C=O) groups is 4. The second kappa shape index (κ2) is 9.00. The summed E-state index contributed by atoms with van der Waals surface area (Å²) in [6, 6.07) is 0. The molecule has 1 aliphatic carbocycles. The van der Waals surface area contributed by atoms with E-state index in [1.165, 1.54) is 0 Å². The van der Waals surface area contributed by atoms with Crippen LogP contribution in [0.5, 0.6) is 0 Å². The first kappa shape index (κ1) is 21.9. The van der Waals surface area contributed by atoms with Crippen LogP contribution >= 0.6 is 0 Å². The molecule has 1 amide bonds. The van der Waals surface area contributed by atoms with Gasteiger partial charge in [0.15, 0.2) is 0 Å². The van der Waals surface area contributed by atoms with Gasteiger partial charge < -0.3 is 19.9 Å². The smallest absolute Gasteiger partial charge is 0.410 e. The molecule has 2 N–H and O–H groups in total. The van der Waals surface area contributed by atoms with Crippen molar-refractivity contribution >= 4 is 23.8 Å². The lowest BCUT2D eigenvalue weighted by Gasteiger charge is -2.36. The largest absolute Gasteiger partial charge is 0.481 e. The Kier molecular flexibility index (Phi) is 7.59. The number of Topliss-reactive ketones (excluding diaryl/α,β-unsaturated/α-hetero) is 1. The van der Waals surface area contributed by atoms with Crippen molar-refractivity contribution in [1.29, 1.82) is 0 Å². The molecule has 1 aliphatic rings. The van der Waals surface area contributed by atoms with Gasteiger partial charge in [-0.1, -0.05) is 40.0 Å². The summed E-state index contributed by atoms with van der Waals surface area (Å²) in [6.45, 7) is 6.35. The van der Waals surface area contributed by atoms with Crippen molar-refractivity contribution in [2.75, 3.05) is 6.54 Å². The van der Waals surface area contributed by atoms with Gasteiger partial charge in [-0.3, -0.25) is 9.59 Å². The summed E-state index contributed by atoms with van der Waals surface area (Å²) in [6.07, 6.45) is 2.28. The van der Waals surface area contributed by atoms with Gasteiger partial charge in [0, 0.05) is 18.9 Å². The molecule has 0 saturated heterocycles. The van der Waals surface area contributed by atoms with E-state index in [9.17, 15) is 19.2 Å². The fourth-order valence-electron chi connectivity index (χ4n) is 2.99. The molecule has 148 valence electrons. The number of rotatable bonds is 7. The summed E-state index contributed by atoms with van der Waals surface area (Å²) < 4.78 is 10.1. The van der Waals surface area contributed by atoms with Crippen LogP contribution in [0.3, 0.4) is 0 Å². The molecule has 0 bridgehead atoms. The van der Waals surface area contributed by atoms with Crippen molar-refractivity contribution in [1.82, 2.24) is 5.32 Å². The number of esters is 1. The summed E-state index contributed by atoms with van der Waals surface area (Å²) in [4.78, 5) is 45.9. The maximum absolute atomic E-state index is 12.2. The Hall–Kier alpha value is -2.12. The van der Waals surface area contributed by atoms with E-state index in [2.05, 4.69) is 5.32 Å². The van der Waals surface area contributed by atoms with Crippen molar-refractivity contribution in [3.05, 3.63) is 0 Å². The second-order valence-electron chi connectivity index (χ2n) is 8.05. The van der Waals surface area contributed by atoms with Gasteiger partial charge in [-0.15, -0.1) is 0 Å². The number of amides is 1. The number of hydrogen-bond acceptors (Lipinski definition) is 6. The highest BCUT2D eigenvalue weighted by atomic mass is 16.7. The molecule has 8 heteroatoms. The molecule has 1 fully saturated rings. The lowest BCUT2D eigenvalue weighted by Crippen LogP contribution is -2.44. The van der Waals surface area contributed by atoms with Gasteiger partial charge >= 0.3 is 18.0 Å². The monoisotopic (exact) mass is 371 g/mol. The van der Waals surface area contributed by atoms with Crippen LogP contribution in [0.15, 0.2) is 0 Å². The van der Waals surface area contributed by atoms with Crippen molar-refractivity contribution in [3.8, 4) is 0 Å². The van der Waals surface area contributed by atoms with Crippen LogP contribution in [0.1, 0.15) is 66.2 Å². The Labute approximate surface area is 153 Å². The molecule has 1 rings (SSSR count). The summed E-state index contributed by atoms with van der Waals surface area (Å²) in [5.74, 6) is -2.76. The number of carboxylic acid groups (broad SMARTS) is 1. The second-order valence-corrected chi connectivity index (χ2v) is 8.05. The zero-order valence-electron chi connectivity index (χ0n) is 15.9. The van der Waals surface area contributed by atoms with Crippen molar-refractivity contribution in [3.63, 3.8) is 0 Å². The van der Waals surface area contributed by atoms with E-state index in [1.807, 2.05) is 0 Å². The van der Waals surface area contributed by atoms with E-state index in [0.717, 1.165) is 39.0 Å². The zero-order chi connectivity index (χ0) is 20.0. The Morgan fingerprint density at radius 1 is 1.08 bits per heavy atom. The zero-order valence-corrected chi connectivity index (χ0v) is 15.9. The van der Waals surface area contributed by atoms with Gasteiger partial charge in [0.05, 0.1) is 6.42 Å². The first-order valence-electron chi connectivity index (χ1n) is 8.83. The van der Waals surface area contributed by atoms with Gasteiger partial charge in [-0.05, 0) is 18.3 Å². The number of hydrogen-bond donors (Lipinski definition) is 2. The first-order valence-corrected chi connectivity index (χ1v) is 8.83. The van der Waals surface area contributed by atoms with E-state index < -0.39 is 40.9 Å². The molecule has 1 unspecified atom stereocenters. The number of ketones is 1. The number of ether oxygens (including phenoxy) is 2. The SMILES string of the molecule is CC(=O)C(=O)OC(OC(=O)NCC1(CC(=O)O)CCCCC1)C(C)(C)C. The number of nitrogens with one attached hydrogen (secondary N) is 1. The van der Waals surface area contributed by atoms with Gasteiger partial charge in [-0.2, -0.15) is 0 Å². The quantitative estimate of drug-likeness (QED) is 0.401. The average molecular weight is 371 g/mol. The first-order chi connectivity index (χ1) is 11.9. The molecule has 0 radical (unpaired) electrons. The Bertz CT molecular complexity index is 544. The van der Waals surface area contributed by atoms with Crippen LogP contribution in [0.25, 0.3) is 0 Å². The highest BCUT2D eigenvalue weighted by Gasteiger charge is 2.37. The maximum atomic E-state index is 12.2.